The molecule has 0 aromatic heterocycles. The zero-order valence-electron chi connectivity index (χ0n) is 8.58. The van der Waals surface area contributed by atoms with Crippen LogP contribution in [-0.4, -0.2) is 24.2 Å². The van der Waals surface area contributed by atoms with E-state index >= 15 is 0 Å². The van der Waals surface area contributed by atoms with Crippen LogP contribution in [0.4, 0.5) is 0 Å². The van der Waals surface area contributed by atoms with Crippen LogP contribution < -0.4 is 0 Å². The SMILES string of the molecule is CCC[CH2][Sn]([Cl])([Cl])[CH2][Si](C)(C)C. The average molecular weight is 334 g/mol. The molecule has 4 heteroatoms. The van der Waals surface area contributed by atoms with Crippen LogP contribution in [-0.2, 0) is 0 Å². The van der Waals surface area contributed by atoms with Crippen LogP contribution in [0.15, 0.2) is 0 Å². The Hall–Kier alpha value is 1.60. The normalized spacial score (nSPS) is 13.5. The van der Waals surface area contributed by atoms with E-state index in [-0.39, 0.29) is 0 Å². The Balaban J connectivity index is 3.86. The molecule has 0 N–H and O–H groups in total. The fourth-order valence-electron chi connectivity index (χ4n) is 1.30. The zero-order valence-corrected chi connectivity index (χ0v) is 14.0. The number of unbranched alkanes of at least 4 members (excludes halogenated alkanes) is 1. The van der Waals surface area contributed by atoms with Crippen LogP contribution in [0.25, 0.3) is 0 Å². The summed E-state index contributed by atoms with van der Waals surface area (Å²) < 4.78 is 2.36. The fraction of sp³-hybridized carbons (Fsp3) is 1.00. The van der Waals surface area contributed by atoms with Gasteiger partial charge in [0.1, 0.15) is 0 Å². The molecule has 0 nitrogen and oxygen atoms in total. The van der Waals surface area contributed by atoms with Crippen molar-refractivity contribution in [3.8, 4) is 0 Å². The van der Waals surface area contributed by atoms with Gasteiger partial charge in [-0.15, -0.1) is 0 Å². The van der Waals surface area contributed by atoms with Crippen LogP contribution in [0.5, 0.6) is 0 Å². The van der Waals surface area contributed by atoms with Crippen molar-refractivity contribution in [2.75, 3.05) is 0 Å². The molecule has 0 saturated carbocycles. The van der Waals surface area contributed by atoms with Crippen molar-refractivity contribution < 1.29 is 0 Å². The van der Waals surface area contributed by atoms with E-state index in [1.54, 1.807) is 0 Å². The Bertz CT molecular complexity index is 132. The summed E-state index contributed by atoms with van der Waals surface area (Å²) in [5.41, 5.74) is 0. The van der Waals surface area contributed by atoms with E-state index in [9.17, 15) is 0 Å². The summed E-state index contributed by atoms with van der Waals surface area (Å²) in [6, 6.07) is 0. The molecule has 12 heavy (non-hydrogen) atoms. The van der Waals surface area contributed by atoms with E-state index in [0.717, 1.165) is 4.44 Å². The number of hydrogen-bond donors (Lipinski definition) is 0. The summed E-state index contributed by atoms with van der Waals surface area (Å²) in [4.78, 5) is 0. The Morgan fingerprint density at radius 1 is 1.17 bits per heavy atom. The number of hydrogen-bond acceptors (Lipinski definition) is 0. The van der Waals surface area contributed by atoms with E-state index < -0.39 is 24.2 Å². The topological polar surface area (TPSA) is 0 Å². The third-order valence-corrected chi connectivity index (χ3v) is 27.8. The molecular weight excluding hydrogens is 314 g/mol. The van der Waals surface area contributed by atoms with Gasteiger partial charge in [-0.1, -0.05) is 0 Å². The maximum atomic E-state index is 6.41. The molecule has 0 spiro atoms. The third kappa shape index (κ3) is 8.21. The standard InChI is InChI=1S/C4H11Si.C4H9.2ClH.Sn/c1-5(2,3)4;1-3-4-2;;;/h1H2,2-4H3;1,3-4H2,2H3;2*1H;/q;;;;+2/p-2. The van der Waals surface area contributed by atoms with Gasteiger partial charge in [-0.25, -0.2) is 0 Å². The number of rotatable bonds is 5. The molecule has 0 rings (SSSR count). The molecule has 74 valence electrons. The van der Waals surface area contributed by atoms with Crippen molar-refractivity contribution >= 4 is 42.0 Å². The van der Waals surface area contributed by atoms with Gasteiger partial charge in [-0.05, 0) is 0 Å². The molecule has 0 atom stereocenters. The molecule has 0 aliphatic rings. The Kier molecular flexibility index (Phi) is 6.20. The van der Waals surface area contributed by atoms with Crippen molar-refractivity contribution in [2.45, 2.75) is 47.9 Å². The van der Waals surface area contributed by atoms with E-state index in [4.69, 9.17) is 17.8 Å². The van der Waals surface area contributed by atoms with Gasteiger partial charge >= 0.3 is 89.9 Å². The van der Waals surface area contributed by atoms with Gasteiger partial charge in [0.15, 0.2) is 0 Å². The second kappa shape index (κ2) is 5.47. The Labute approximate surface area is 89.3 Å². The summed E-state index contributed by atoms with van der Waals surface area (Å²) in [6.07, 6.45) is 2.46. The number of halogens is 2. The van der Waals surface area contributed by atoms with Gasteiger partial charge in [-0.2, -0.15) is 0 Å². The predicted octanol–water partition coefficient (Wildman–Crippen LogP) is 4.58. The van der Waals surface area contributed by atoms with E-state index in [1.807, 2.05) is 0 Å². The first-order chi connectivity index (χ1) is 5.27. The summed E-state index contributed by atoms with van der Waals surface area (Å²) in [5.74, 6) is 0. The van der Waals surface area contributed by atoms with Gasteiger partial charge in [0, 0.05) is 0 Å². The van der Waals surface area contributed by atoms with Crippen molar-refractivity contribution in [1.29, 1.82) is 0 Å². The first-order valence-corrected chi connectivity index (χ1v) is 19.6. The molecule has 0 aliphatic heterocycles. The molecule has 0 radical (unpaired) electrons. The Morgan fingerprint density at radius 2 is 1.67 bits per heavy atom. The fourth-order valence-corrected chi connectivity index (χ4v) is 38.2. The quantitative estimate of drug-likeness (QED) is 0.646. The molecule has 0 amide bonds. The Morgan fingerprint density at radius 3 is 2.00 bits per heavy atom. The van der Waals surface area contributed by atoms with Crippen molar-refractivity contribution in [1.82, 2.24) is 0 Å². The van der Waals surface area contributed by atoms with E-state index in [0.29, 0.717) is 0 Å². The minimum absolute atomic E-state index is 1.01. The van der Waals surface area contributed by atoms with Gasteiger partial charge in [-0.3, -0.25) is 0 Å². The summed E-state index contributed by atoms with van der Waals surface area (Å²) in [7, 11) is 11.8. The second-order valence-electron chi connectivity index (χ2n) is 4.70. The summed E-state index contributed by atoms with van der Waals surface area (Å²) in [6.45, 7) is 9.27. The average Bonchev–Trinajstić information content (AvgIpc) is 1.78. The minimum atomic E-state index is -2.57. The molecule has 0 bridgehead atoms. The van der Waals surface area contributed by atoms with Gasteiger partial charge < -0.3 is 0 Å². The van der Waals surface area contributed by atoms with Gasteiger partial charge in [0.2, 0.25) is 0 Å². The van der Waals surface area contributed by atoms with Crippen LogP contribution in [0, 0.1) is 0 Å². The molecule has 0 unspecified atom stereocenters. The first-order valence-electron chi connectivity index (χ1n) is 4.65. The molecular formula is C8H20Cl2SiSn. The predicted molar refractivity (Wildman–Crippen MR) is 65.3 cm³/mol. The molecule has 0 saturated heterocycles. The van der Waals surface area contributed by atoms with E-state index in [2.05, 4.69) is 26.6 Å². The summed E-state index contributed by atoms with van der Waals surface area (Å²) in [5, 5.41) is 0. The molecule has 0 heterocycles. The first kappa shape index (κ1) is 13.6. The zero-order chi connectivity index (χ0) is 9.83. The molecule has 0 fully saturated rings. The van der Waals surface area contributed by atoms with Gasteiger partial charge in [0.25, 0.3) is 0 Å². The maximum absolute atomic E-state index is 6.41. The van der Waals surface area contributed by atoms with Crippen LogP contribution >= 0.6 is 17.8 Å². The monoisotopic (exact) mass is 334 g/mol. The van der Waals surface area contributed by atoms with Crippen LogP contribution in [0.3, 0.4) is 0 Å². The van der Waals surface area contributed by atoms with Crippen molar-refractivity contribution in [3.05, 3.63) is 0 Å². The van der Waals surface area contributed by atoms with Crippen LogP contribution in [0.2, 0.25) is 28.1 Å². The van der Waals surface area contributed by atoms with E-state index in [1.165, 1.54) is 16.9 Å². The van der Waals surface area contributed by atoms with Gasteiger partial charge in [0.05, 0.1) is 0 Å². The molecule has 0 aromatic rings. The van der Waals surface area contributed by atoms with Crippen LogP contribution in [0.1, 0.15) is 19.8 Å². The molecule has 0 aromatic carbocycles. The summed E-state index contributed by atoms with van der Waals surface area (Å²) >= 11 is -2.57. The third-order valence-electron chi connectivity index (χ3n) is 1.69. The second-order valence-corrected chi connectivity index (χ2v) is 30.5. The van der Waals surface area contributed by atoms with Crippen molar-refractivity contribution in [3.63, 3.8) is 0 Å². The molecule has 0 aliphatic carbocycles. The van der Waals surface area contributed by atoms with Crippen molar-refractivity contribution in [2.24, 2.45) is 0 Å².